The number of nitrogens with two attached hydrogens (primary N) is 1. The molecule has 4 nitrogen and oxygen atoms in total. The number of benzene rings is 1. The number of nitro groups is 1. The Morgan fingerprint density at radius 1 is 1.44 bits per heavy atom. The van der Waals surface area contributed by atoms with Crippen molar-refractivity contribution in [3.8, 4) is 0 Å². The lowest BCUT2D eigenvalue weighted by Crippen LogP contribution is -2.73. The van der Waals surface area contributed by atoms with Gasteiger partial charge in [0.05, 0.1) is 12.0 Å². The van der Waals surface area contributed by atoms with Crippen LogP contribution in [0.15, 0.2) is 66.6 Å². The molecule has 0 aliphatic rings. The summed E-state index contributed by atoms with van der Waals surface area (Å²) in [5.41, 5.74) is 2.38. The van der Waals surface area contributed by atoms with Crippen LogP contribution in [0, 0.1) is 10.1 Å². The van der Waals surface area contributed by atoms with E-state index in [1.165, 1.54) is 6.07 Å². The molecule has 0 radical (unpaired) electrons. The molecule has 1 aromatic heterocycles. The SMILES string of the molecule is C=CCC(C)(C(=C)/C=C/c1cccs1)c1cc([N+](=O)[O-])ccc1[NH2+]C. The molecule has 0 aliphatic carbocycles. The van der Waals surface area contributed by atoms with Gasteiger partial charge < -0.3 is 5.32 Å². The summed E-state index contributed by atoms with van der Waals surface area (Å²) in [7, 11) is 1.93. The minimum atomic E-state index is -0.469. The van der Waals surface area contributed by atoms with Gasteiger partial charge >= 0.3 is 0 Å². The molecular formula is C20H23N2O2S+. The van der Waals surface area contributed by atoms with Crippen LogP contribution in [0.3, 0.4) is 0 Å². The number of thiophene rings is 1. The zero-order valence-corrected chi connectivity index (χ0v) is 15.4. The van der Waals surface area contributed by atoms with E-state index in [0.717, 1.165) is 21.7 Å². The largest absolute Gasteiger partial charge is 0.316 e. The molecule has 25 heavy (non-hydrogen) atoms. The number of nitrogens with zero attached hydrogens (tertiary/aromatic N) is 1. The first-order chi connectivity index (χ1) is 11.9. The van der Waals surface area contributed by atoms with E-state index >= 15 is 0 Å². The molecule has 0 bridgehead atoms. The van der Waals surface area contributed by atoms with Crippen LogP contribution in [0.5, 0.6) is 0 Å². The van der Waals surface area contributed by atoms with Gasteiger partial charge in [0, 0.05) is 34.1 Å². The van der Waals surface area contributed by atoms with Gasteiger partial charge in [-0.15, -0.1) is 17.9 Å². The first kappa shape index (κ1) is 18.8. The second-order valence-corrected chi connectivity index (χ2v) is 7.00. The molecule has 2 rings (SSSR count). The molecule has 0 aliphatic heterocycles. The summed E-state index contributed by atoms with van der Waals surface area (Å²) in [6.07, 6.45) is 6.50. The fourth-order valence-electron chi connectivity index (χ4n) is 2.84. The highest BCUT2D eigenvalue weighted by atomic mass is 32.1. The van der Waals surface area contributed by atoms with Gasteiger partial charge in [-0.25, -0.2) is 0 Å². The number of hydrogen-bond acceptors (Lipinski definition) is 3. The van der Waals surface area contributed by atoms with Crippen LogP contribution in [0.1, 0.15) is 23.8 Å². The van der Waals surface area contributed by atoms with Gasteiger partial charge in [0.2, 0.25) is 0 Å². The number of hydrogen-bond donors (Lipinski definition) is 1. The molecule has 1 heterocycles. The molecule has 0 saturated carbocycles. The van der Waals surface area contributed by atoms with Crippen LogP contribution in [-0.2, 0) is 5.41 Å². The first-order valence-electron chi connectivity index (χ1n) is 8.02. The van der Waals surface area contributed by atoms with Crippen molar-refractivity contribution in [3.63, 3.8) is 0 Å². The summed E-state index contributed by atoms with van der Waals surface area (Å²) in [5, 5.41) is 15.2. The van der Waals surface area contributed by atoms with Crippen LogP contribution in [0.4, 0.5) is 11.4 Å². The Bertz CT molecular complexity index is 809. The summed E-state index contributed by atoms with van der Waals surface area (Å²) >= 11 is 1.66. The number of non-ortho nitro benzene ring substituents is 1. The van der Waals surface area contributed by atoms with Gasteiger partial charge in [0.15, 0.2) is 0 Å². The van der Waals surface area contributed by atoms with Crippen molar-refractivity contribution in [2.75, 3.05) is 7.05 Å². The van der Waals surface area contributed by atoms with Crippen LogP contribution >= 0.6 is 11.3 Å². The molecule has 130 valence electrons. The second kappa shape index (κ2) is 8.05. The Morgan fingerprint density at radius 3 is 2.76 bits per heavy atom. The topological polar surface area (TPSA) is 59.8 Å². The van der Waals surface area contributed by atoms with Gasteiger partial charge in [-0.1, -0.05) is 31.7 Å². The molecule has 0 spiro atoms. The fourth-order valence-corrected chi connectivity index (χ4v) is 3.46. The molecule has 0 amide bonds. The molecule has 5 heteroatoms. The molecular weight excluding hydrogens is 332 g/mol. The number of rotatable bonds is 8. The maximum Gasteiger partial charge on any atom is 0.270 e. The lowest BCUT2D eigenvalue weighted by atomic mass is 9.72. The van der Waals surface area contributed by atoms with E-state index in [2.05, 4.69) is 20.1 Å². The Labute approximate surface area is 152 Å². The van der Waals surface area contributed by atoms with Gasteiger partial charge in [0.25, 0.3) is 5.69 Å². The van der Waals surface area contributed by atoms with Gasteiger partial charge in [-0.2, -0.15) is 0 Å². The van der Waals surface area contributed by atoms with Crippen LogP contribution < -0.4 is 5.32 Å². The maximum absolute atomic E-state index is 11.2. The minimum absolute atomic E-state index is 0.0888. The van der Waals surface area contributed by atoms with E-state index in [9.17, 15) is 10.1 Å². The van der Waals surface area contributed by atoms with E-state index in [-0.39, 0.29) is 10.6 Å². The molecule has 1 unspecified atom stereocenters. The first-order valence-corrected chi connectivity index (χ1v) is 8.90. The lowest BCUT2D eigenvalue weighted by Gasteiger charge is -2.30. The van der Waals surface area contributed by atoms with E-state index < -0.39 is 5.41 Å². The Morgan fingerprint density at radius 2 is 2.20 bits per heavy atom. The van der Waals surface area contributed by atoms with Crippen LogP contribution in [-0.4, -0.2) is 12.0 Å². The monoisotopic (exact) mass is 355 g/mol. The van der Waals surface area contributed by atoms with E-state index in [0.29, 0.717) is 6.42 Å². The van der Waals surface area contributed by atoms with Crippen molar-refractivity contribution in [2.24, 2.45) is 0 Å². The third kappa shape index (κ3) is 4.13. The average Bonchev–Trinajstić information content (AvgIpc) is 3.12. The fraction of sp³-hybridized carbons (Fsp3) is 0.200. The van der Waals surface area contributed by atoms with E-state index in [4.69, 9.17) is 0 Å². The van der Waals surface area contributed by atoms with Gasteiger partial charge in [0.1, 0.15) is 5.69 Å². The maximum atomic E-state index is 11.2. The smallest absolute Gasteiger partial charge is 0.270 e. The number of quaternary nitrogens is 1. The lowest BCUT2D eigenvalue weighted by molar-refractivity contribution is -0.540. The molecule has 1 aromatic carbocycles. The summed E-state index contributed by atoms with van der Waals surface area (Å²) in [6, 6.07) is 9.03. The summed E-state index contributed by atoms with van der Waals surface area (Å²) in [4.78, 5) is 12.0. The molecule has 0 fully saturated rings. The normalized spacial score (nSPS) is 13.5. The zero-order chi connectivity index (χ0) is 18.4. The molecule has 2 aromatic rings. The van der Waals surface area contributed by atoms with Crippen molar-refractivity contribution >= 4 is 28.8 Å². The second-order valence-electron chi connectivity index (χ2n) is 6.02. The number of nitro benzene ring substituents is 1. The predicted octanol–water partition coefficient (Wildman–Crippen LogP) is 4.58. The van der Waals surface area contributed by atoms with Crippen molar-refractivity contribution in [3.05, 3.63) is 87.1 Å². The Kier molecular flexibility index (Phi) is 6.07. The van der Waals surface area contributed by atoms with Crippen LogP contribution in [0.2, 0.25) is 0 Å². The Hall–Kier alpha value is -2.50. The quantitative estimate of drug-likeness (QED) is 0.248. The summed E-state index contributed by atoms with van der Waals surface area (Å²) < 4.78 is 0. The van der Waals surface area contributed by atoms with Gasteiger partial charge in [-0.05, 0) is 29.5 Å². The molecule has 1 atom stereocenters. The van der Waals surface area contributed by atoms with Crippen molar-refractivity contribution in [1.82, 2.24) is 0 Å². The van der Waals surface area contributed by atoms with Crippen molar-refractivity contribution in [1.29, 1.82) is 0 Å². The average molecular weight is 355 g/mol. The predicted molar refractivity (Wildman–Crippen MR) is 105 cm³/mol. The molecule has 2 N–H and O–H groups in total. The summed E-state index contributed by atoms with van der Waals surface area (Å²) in [5.74, 6) is 0. The third-order valence-electron chi connectivity index (χ3n) is 4.41. The van der Waals surface area contributed by atoms with Crippen molar-refractivity contribution in [2.45, 2.75) is 18.8 Å². The zero-order valence-electron chi connectivity index (χ0n) is 14.6. The minimum Gasteiger partial charge on any atom is -0.316 e. The highest BCUT2D eigenvalue weighted by molar-refractivity contribution is 7.10. The Balaban J connectivity index is 2.51. The summed E-state index contributed by atoms with van der Waals surface area (Å²) in [6.45, 7) is 10.2. The highest BCUT2D eigenvalue weighted by Gasteiger charge is 2.33. The number of allylic oxidation sites excluding steroid dienone is 3. The van der Waals surface area contributed by atoms with E-state index in [1.54, 1.807) is 23.5 Å². The van der Waals surface area contributed by atoms with E-state index in [1.807, 2.05) is 48.1 Å². The molecule has 0 saturated heterocycles. The van der Waals surface area contributed by atoms with Crippen LogP contribution in [0.25, 0.3) is 6.08 Å². The van der Waals surface area contributed by atoms with Crippen molar-refractivity contribution < 1.29 is 10.2 Å². The third-order valence-corrected chi connectivity index (χ3v) is 5.24. The van der Waals surface area contributed by atoms with Gasteiger partial charge in [-0.3, -0.25) is 10.1 Å². The standard InChI is InChI=1S/C20H22N2O2S/c1-5-12-20(3,15(2)8-10-17-7-6-13-25-17)18-14-16(22(23)24)9-11-19(18)21-4/h5-11,13-14,21H,1-2,12H2,3-4H3/p+1/b10-8+. The highest BCUT2D eigenvalue weighted by Crippen LogP contribution is 2.40.